The number of benzene rings is 1. The summed E-state index contributed by atoms with van der Waals surface area (Å²) in [6.07, 6.45) is 13.0. The second-order valence-corrected chi connectivity index (χ2v) is 9.09. The number of hydrogen-bond donors (Lipinski definition) is 1. The van der Waals surface area contributed by atoms with E-state index in [4.69, 9.17) is 4.74 Å². The minimum absolute atomic E-state index is 0.335. The van der Waals surface area contributed by atoms with Crippen molar-refractivity contribution in [1.82, 2.24) is 0 Å². The lowest BCUT2D eigenvalue weighted by molar-refractivity contribution is -0.212. The highest BCUT2D eigenvalue weighted by Gasteiger charge is 2.48. The smallest absolute Gasteiger partial charge is 0.211 e. The van der Waals surface area contributed by atoms with Gasteiger partial charge in [-0.15, -0.1) is 0 Å². The predicted octanol–water partition coefficient (Wildman–Crippen LogP) is 7.15. The van der Waals surface area contributed by atoms with Crippen molar-refractivity contribution in [1.29, 1.82) is 0 Å². The van der Waals surface area contributed by atoms with Crippen LogP contribution in [0, 0.1) is 5.41 Å². The van der Waals surface area contributed by atoms with Crippen LogP contribution in [-0.2, 0) is 6.42 Å². The Hall–Kier alpha value is -1.80. The first kappa shape index (κ1) is 22.5. The Morgan fingerprint density at radius 2 is 1.57 bits per heavy atom. The molecule has 2 heteroatoms. The maximum absolute atomic E-state index is 11.0. The Morgan fingerprint density at radius 3 is 2.25 bits per heavy atom. The molecule has 0 fully saturated rings. The Bertz CT molecular complexity index is 747. The summed E-state index contributed by atoms with van der Waals surface area (Å²) >= 11 is 0. The highest BCUT2D eigenvalue weighted by atomic mass is 16.6. The molecule has 1 aromatic rings. The first-order valence-corrected chi connectivity index (χ1v) is 10.6. The zero-order valence-corrected chi connectivity index (χ0v) is 18.6. The van der Waals surface area contributed by atoms with Crippen LogP contribution in [-0.4, -0.2) is 10.9 Å². The Balaban J connectivity index is 1.92. The fourth-order valence-electron chi connectivity index (χ4n) is 3.67. The summed E-state index contributed by atoms with van der Waals surface area (Å²) in [5, 5.41) is 11.0. The molecule has 154 valence electrons. The van der Waals surface area contributed by atoms with Crippen molar-refractivity contribution in [2.24, 2.45) is 5.41 Å². The van der Waals surface area contributed by atoms with Gasteiger partial charge in [-0.05, 0) is 77.8 Å². The molecule has 1 N–H and O–H groups in total. The summed E-state index contributed by atoms with van der Waals surface area (Å²) in [5.41, 5.74) is 5.09. The molecule has 2 nitrogen and oxygen atoms in total. The lowest BCUT2D eigenvalue weighted by atomic mass is 9.72. The van der Waals surface area contributed by atoms with Gasteiger partial charge in [0.2, 0.25) is 5.79 Å². The van der Waals surface area contributed by atoms with Crippen LogP contribution in [0.3, 0.4) is 0 Å². The molecule has 1 aliphatic rings. The van der Waals surface area contributed by atoms with Gasteiger partial charge in [0, 0.05) is 12.3 Å². The highest BCUT2D eigenvalue weighted by Crippen LogP contribution is 2.46. The summed E-state index contributed by atoms with van der Waals surface area (Å²) in [4.78, 5) is 0. The average molecular weight is 383 g/mol. The molecule has 0 spiro atoms. The van der Waals surface area contributed by atoms with Crippen LogP contribution >= 0.6 is 0 Å². The molecule has 2 unspecified atom stereocenters. The third-order valence-corrected chi connectivity index (χ3v) is 6.01. The van der Waals surface area contributed by atoms with E-state index in [1.807, 2.05) is 18.2 Å². The Morgan fingerprint density at radius 1 is 0.964 bits per heavy atom. The molecule has 0 saturated carbocycles. The molecule has 0 bridgehead atoms. The van der Waals surface area contributed by atoms with E-state index in [9.17, 15) is 5.11 Å². The van der Waals surface area contributed by atoms with Crippen LogP contribution in [0.2, 0.25) is 0 Å². The quantitative estimate of drug-likeness (QED) is 0.484. The van der Waals surface area contributed by atoms with E-state index in [2.05, 4.69) is 58.9 Å². The summed E-state index contributed by atoms with van der Waals surface area (Å²) in [6.45, 7) is 12.7. The Kier molecular flexibility index (Phi) is 7.71. The van der Waals surface area contributed by atoms with Crippen LogP contribution in [0.1, 0.15) is 79.2 Å². The van der Waals surface area contributed by atoms with Gasteiger partial charge in [-0.2, -0.15) is 0 Å². The monoisotopic (exact) mass is 382 g/mol. The maximum Gasteiger partial charge on any atom is 0.211 e. The lowest BCUT2D eigenvalue weighted by Crippen LogP contribution is -2.52. The van der Waals surface area contributed by atoms with Crippen molar-refractivity contribution in [2.75, 3.05) is 0 Å². The van der Waals surface area contributed by atoms with Crippen LogP contribution in [0.15, 0.2) is 59.2 Å². The van der Waals surface area contributed by atoms with Gasteiger partial charge in [0.1, 0.15) is 5.75 Å². The molecular weight excluding hydrogens is 344 g/mol. The largest absolute Gasteiger partial charge is 0.462 e. The molecule has 1 aliphatic heterocycles. The maximum atomic E-state index is 11.0. The fraction of sp³-hybridized carbons (Fsp3) is 0.538. The predicted molar refractivity (Wildman–Crippen MR) is 120 cm³/mol. The SMILES string of the molecule is CC(C)=CCCC(C)=CCCC(C)=CCC1(C)Cc2ccccc2OC1(C)O. The third-order valence-electron chi connectivity index (χ3n) is 6.01. The molecule has 1 heterocycles. The van der Waals surface area contributed by atoms with E-state index in [0.717, 1.165) is 44.3 Å². The number of para-hydroxylation sites is 1. The Labute approximate surface area is 172 Å². The van der Waals surface area contributed by atoms with Gasteiger partial charge in [0.15, 0.2) is 0 Å². The minimum atomic E-state index is -1.17. The number of ether oxygens (including phenoxy) is 1. The van der Waals surface area contributed by atoms with Crippen molar-refractivity contribution < 1.29 is 9.84 Å². The number of allylic oxidation sites excluding steroid dienone is 6. The van der Waals surface area contributed by atoms with Crippen molar-refractivity contribution in [3.05, 3.63) is 64.8 Å². The molecule has 0 amide bonds. The summed E-state index contributed by atoms with van der Waals surface area (Å²) in [5.74, 6) is -0.362. The van der Waals surface area contributed by atoms with E-state index in [1.165, 1.54) is 22.3 Å². The van der Waals surface area contributed by atoms with Crippen molar-refractivity contribution in [3.8, 4) is 5.75 Å². The van der Waals surface area contributed by atoms with E-state index in [1.54, 1.807) is 6.92 Å². The molecular formula is C26H38O2. The van der Waals surface area contributed by atoms with Crippen LogP contribution in [0.4, 0.5) is 0 Å². The first-order chi connectivity index (χ1) is 13.1. The van der Waals surface area contributed by atoms with Gasteiger partial charge in [-0.25, -0.2) is 0 Å². The first-order valence-electron chi connectivity index (χ1n) is 10.6. The van der Waals surface area contributed by atoms with Crippen molar-refractivity contribution in [3.63, 3.8) is 0 Å². The van der Waals surface area contributed by atoms with Crippen LogP contribution in [0.25, 0.3) is 0 Å². The van der Waals surface area contributed by atoms with Gasteiger partial charge in [0.25, 0.3) is 0 Å². The normalized spacial score (nSPS) is 25.1. The van der Waals surface area contributed by atoms with E-state index >= 15 is 0 Å². The summed E-state index contributed by atoms with van der Waals surface area (Å²) in [6, 6.07) is 8.03. The number of rotatable bonds is 8. The molecule has 0 aromatic heterocycles. The van der Waals surface area contributed by atoms with E-state index in [0.29, 0.717) is 0 Å². The van der Waals surface area contributed by atoms with Crippen LogP contribution < -0.4 is 4.74 Å². The molecule has 0 saturated heterocycles. The van der Waals surface area contributed by atoms with Crippen LogP contribution in [0.5, 0.6) is 5.75 Å². The number of aliphatic hydroxyl groups is 1. The molecule has 0 aliphatic carbocycles. The molecule has 2 atom stereocenters. The topological polar surface area (TPSA) is 29.5 Å². The third kappa shape index (κ3) is 6.10. The number of fused-ring (bicyclic) bond motifs is 1. The van der Waals surface area contributed by atoms with Gasteiger partial charge < -0.3 is 9.84 Å². The van der Waals surface area contributed by atoms with Gasteiger partial charge in [-0.3, -0.25) is 0 Å². The second kappa shape index (κ2) is 9.60. The molecule has 2 rings (SSSR count). The highest BCUT2D eigenvalue weighted by molar-refractivity contribution is 5.37. The zero-order chi connectivity index (χ0) is 20.8. The second-order valence-electron chi connectivity index (χ2n) is 9.09. The summed E-state index contributed by atoms with van der Waals surface area (Å²) < 4.78 is 5.95. The van der Waals surface area contributed by atoms with E-state index in [-0.39, 0.29) is 5.41 Å². The minimum Gasteiger partial charge on any atom is -0.462 e. The van der Waals surface area contributed by atoms with E-state index < -0.39 is 5.79 Å². The zero-order valence-electron chi connectivity index (χ0n) is 18.6. The summed E-state index contributed by atoms with van der Waals surface area (Å²) in [7, 11) is 0. The average Bonchev–Trinajstić information content (AvgIpc) is 2.60. The van der Waals surface area contributed by atoms with Gasteiger partial charge >= 0.3 is 0 Å². The van der Waals surface area contributed by atoms with Gasteiger partial charge in [-0.1, -0.05) is 60.1 Å². The fourth-order valence-corrected chi connectivity index (χ4v) is 3.67. The molecule has 1 aromatic carbocycles. The standard InChI is InChI=1S/C26H38O2/c1-20(2)11-9-12-21(3)13-10-14-22(4)17-18-25(5)19-23-15-7-8-16-24(23)28-26(25,6)27/h7-8,11,13,15-17,27H,9-10,12,14,18-19H2,1-6H3. The number of hydrogen-bond acceptors (Lipinski definition) is 2. The molecule has 0 radical (unpaired) electrons. The molecule has 28 heavy (non-hydrogen) atoms. The lowest BCUT2D eigenvalue weighted by Gasteiger charge is -2.46. The van der Waals surface area contributed by atoms with Crippen molar-refractivity contribution >= 4 is 0 Å². The van der Waals surface area contributed by atoms with Crippen molar-refractivity contribution in [2.45, 2.75) is 85.9 Å². The van der Waals surface area contributed by atoms with Gasteiger partial charge in [0.05, 0.1) is 0 Å².